The Morgan fingerprint density at radius 2 is 0.895 bits per heavy atom. The standard InChI is InChI=1S/C36H62O2/c1-3-5-7-9-11-13-15-17-19-21-23-25-27-29-31-33-35-38-36(37)34-32-30-28-26-24-22-20-18-16-14-12-10-8-6-4-2/h5,7,11-14,17-20H,3-4,6,8-10,15-16,21-35H2,1-2H3/b7-5-,13-11-,14-12-,19-17-,20-18-. The number of unbranched alkanes of at least 4 members (excludes halogenated alkanes) is 14. The van der Waals surface area contributed by atoms with Crippen LogP contribution in [0.2, 0.25) is 0 Å². The van der Waals surface area contributed by atoms with Crippen molar-refractivity contribution in [2.75, 3.05) is 6.61 Å². The third-order valence-corrected chi connectivity index (χ3v) is 6.64. The number of carbonyl (C=O) groups excluding carboxylic acids is 1. The molecule has 0 fully saturated rings. The lowest BCUT2D eigenvalue weighted by Crippen LogP contribution is -2.05. The molecule has 0 bridgehead atoms. The van der Waals surface area contributed by atoms with Crippen LogP contribution in [0.4, 0.5) is 0 Å². The van der Waals surface area contributed by atoms with Gasteiger partial charge in [0.2, 0.25) is 0 Å². The van der Waals surface area contributed by atoms with Crippen LogP contribution in [0.1, 0.15) is 155 Å². The molecule has 0 amide bonds. The van der Waals surface area contributed by atoms with Gasteiger partial charge in [-0.05, 0) is 77.0 Å². The predicted octanol–water partition coefficient (Wildman–Crippen LogP) is 11.9. The maximum atomic E-state index is 11.9. The summed E-state index contributed by atoms with van der Waals surface area (Å²) in [5, 5.41) is 0. The fraction of sp³-hybridized carbons (Fsp3) is 0.694. The fourth-order valence-electron chi connectivity index (χ4n) is 4.24. The van der Waals surface area contributed by atoms with Crippen LogP contribution < -0.4 is 0 Å². The Morgan fingerprint density at radius 1 is 0.474 bits per heavy atom. The summed E-state index contributed by atoms with van der Waals surface area (Å²) in [5.41, 5.74) is 0. The molecule has 2 heteroatoms. The first-order valence-corrected chi connectivity index (χ1v) is 16.2. The average molecular weight is 527 g/mol. The van der Waals surface area contributed by atoms with E-state index in [4.69, 9.17) is 4.74 Å². The molecule has 0 radical (unpaired) electrons. The van der Waals surface area contributed by atoms with Gasteiger partial charge in [0.25, 0.3) is 0 Å². The normalized spacial score (nSPS) is 12.4. The van der Waals surface area contributed by atoms with Crippen molar-refractivity contribution < 1.29 is 9.53 Å². The first kappa shape index (κ1) is 36.2. The second-order valence-corrected chi connectivity index (χ2v) is 10.4. The molecule has 0 N–H and O–H groups in total. The molecule has 2 nitrogen and oxygen atoms in total. The van der Waals surface area contributed by atoms with Gasteiger partial charge in [-0.25, -0.2) is 0 Å². The van der Waals surface area contributed by atoms with Crippen molar-refractivity contribution in [3.05, 3.63) is 60.8 Å². The van der Waals surface area contributed by atoms with E-state index in [0.29, 0.717) is 13.0 Å². The summed E-state index contributed by atoms with van der Waals surface area (Å²) in [7, 11) is 0. The van der Waals surface area contributed by atoms with E-state index >= 15 is 0 Å². The highest BCUT2D eigenvalue weighted by Crippen LogP contribution is 2.10. The Bertz CT molecular complexity index is 623. The Labute approximate surface area is 237 Å². The molecule has 0 saturated heterocycles. The molecule has 0 heterocycles. The van der Waals surface area contributed by atoms with Crippen LogP contribution in [0.25, 0.3) is 0 Å². The van der Waals surface area contributed by atoms with E-state index in [9.17, 15) is 4.79 Å². The summed E-state index contributed by atoms with van der Waals surface area (Å²) in [4.78, 5) is 11.9. The zero-order valence-corrected chi connectivity index (χ0v) is 25.4. The summed E-state index contributed by atoms with van der Waals surface area (Å²) in [6.07, 6.45) is 48.4. The minimum absolute atomic E-state index is 0.00487. The van der Waals surface area contributed by atoms with Gasteiger partial charge >= 0.3 is 5.97 Å². The van der Waals surface area contributed by atoms with Crippen molar-refractivity contribution in [1.82, 2.24) is 0 Å². The SMILES string of the molecule is CC/C=C\C/C=C\C/C=C\CCCCCCCCOC(=O)CCCCCCC/C=C\C/C=C\CCCCC. The maximum Gasteiger partial charge on any atom is 0.305 e. The van der Waals surface area contributed by atoms with E-state index in [1.54, 1.807) is 0 Å². The minimum Gasteiger partial charge on any atom is -0.466 e. The summed E-state index contributed by atoms with van der Waals surface area (Å²) >= 11 is 0. The molecular weight excluding hydrogens is 464 g/mol. The van der Waals surface area contributed by atoms with Crippen molar-refractivity contribution in [1.29, 1.82) is 0 Å². The molecule has 0 aliphatic rings. The number of rotatable bonds is 28. The molecule has 0 rings (SSSR count). The van der Waals surface area contributed by atoms with E-state index in [0.717, 1.165) is 44.9 Å². The molecule has 0 aromatic rings. The third kappa shape index (κ3) is 32.2. The molecule has 0 aromatic heterocycles. The van der Waals surface area contributed by atoms with Gasteiger partial charge in [0.15, 0.2) is 0 Å². The third-order valence-electron chi connectivity index (χ3n) is 6.64. The molecule has 0 aliphatic heterocycles. The van der Waals surface area contributed by atoms with Gasteiger partial charge in [0.1, 0.15) is 0 Å². The van der Waals surface area contributed by atoms with Crippen LogP contribution in [0, 0.1) is 0 Å². The Balaban J connectivity index is 3.31. The van der Waals surface area contributed by atoms with Crippen molar-refractivity contribution in [3.8, 4) is 0 Å². The lowest BCUT2D eigenvalue weighted by molar-refractivity contribution is -0.143. The van der Waals surface area contributed by atoms with Gasteiger partial charge in [-0.2, -0.15) is 0 Å². The van der Waals surface area contributed by atoms with Gasteiger partial charge in [0.05, 0.1) is 6.61 Å². The first-order chi connectivity index (χ1) is 18.8. The summed E-state index contributed by atoms with van der Waals surface area (Å²) in [6, 6.07) is 0. The van der Waals surface area contributed by atoms with Crippen molar-refractivity contribution in [3.63, 3.8) is 0 Å². The van der Waals surface area contributed by atoms with E-state index < -0.39 is 0 Å². The van der Waals surface area contributed by atoms with Gasteiger partial charge in [-0.3, -0.25) is 4.79 Å². The zero-order chi connectivity index (χ0) is 27.6. The van der Waals surface area contributed by atoms with Crippen molar-refractivity contribution in [2.24, 2.45) is 0 Å². The number of ether oxygens (including phenoxy) is 1. The summed E-state index contributed by atoms with van der Waals surface area (Å²) in [5.74, 6) is -0.00487. The predicted molar refractivity (Wildman–Crippen MR) is 170 cm³/mol. The van der Waals surface area contributed by atoms with E-state index in [1.165, 1.54) is 89.9 Å². The summed E-state index contributed by atoms with van der Waals surface area (Å²) < 4.78 is 5.41. The molecule has 0 unspecified atom stereocenters. The van der Waals surface area contributed by atoms with Gasteiger partial charge in [-0.15, -0.1) is 0 Å². The largest absolute Gasteiger partial charge is 0.466 e. The number of hydrogen-bond donors (Lipinski definition) is 0. The molecular formula is C36H62O2. The molecule has 0 saturated carbocycles. The van der Waals surface area contributed by atoms with Crippen LogP contribution in [-0.2, 0) is 9.53 Å². The number of carbonyl (C=O) groups is 1. The lowest BCUT2D eigenvalue weighted by Gasteiger charge is -2.05. The molecule has 0 aliphatic carbocycles. The van der Waals surface area contributed by atoms with Crippen LogP contribution >= 0.6 is 0 Å². The van der Waals surface area contributed by atoms with Crippen LogP contribution in [0.5, 0.6) is 0 Å². The Morgan fingerprint density at radius 3 is 1.42 bits per heavy atom. The Kier molecular flexibility index (Phi) is 31.6. The van der Waals surface area contributed by atoms with Gasteiger partial charge < -0.3 is 4.74 Å². The molecule has 0 atom stereocenters. The monoisotopic (exact) mass is 526 g/mol. The van der Waals surface area contributed by atoms with E-state index in [-0.39, 0.29) is 5.97 Å². The van der Waals surface area contributed by atoms with E-state index in [1.807, 2.05) is 0 Å². The second kappa shape index (κ2) is 33.2. The summed E-state index contributed by atoms with van der Waals surface area (Å²) in [6.45, 7) is 5.02. The van der Waals surface area contributed by atoms with Crippen LogP contribution in [-0.4, -0.2) is 12.6 Å². The highest BCUT2D eigenvalue weighted by Gasteiger charge is 2.02. The number of hydrogen-bond acceptors (Lipinski definition) is 2. The van der Waals surface area contributed by atoms with Crippen LogP contribution in [0.15, 0.2) is 60.8 Å². The topological polar surface area (TPSA) is 26.3 Å². The van der Waals surface area contributed by atoms with Crippen molar-refractivity contribution in [2.45, 2.75) is 155 Å². The molecule has 0 aromatic carbocycles. The highest BCUT2D eigenvalue weighted by atomic mass is 16.5. The first-order valence-electron chi connectivity index (χ1n) is 16.2. The smallest absolute Gasteiger partial charge is 0.305 e. The zero-order valence-electron chi connectivity index (χ0n) is 25.4. The average Bonchev–Trinajstić information content (AvgIpc) is 2.92. The second-order valence-electron chi connectivity index (χ2n) is 10.4. The highest BCUT2D eigenvalue weighted by molar-refractivity contribution is 5.69. The van der Waals surface area contributed by atoms with Gasteiger partial charge in [-0.1, -0.05) is 132 Å². The van der Waals surface area contributed by atoms with E-state index in [2.05, 4.69) is 74.6 Å². The minimum atomic E-state index is -0.00487. The fourth-order valence-corrected chi connectivity index (χ4v) is 4.24. The quantitative estimate of drug-likeness (QED) is 0.0575. The molecule has 0 spiro atoms. The number of esters is 1. The number of allylic oxidation sites excluding steroid dienone is 10. The maximum absolute atomic E-state index is 11.9. The van der Waals surface area contributed by atoms with Crippen molar-refractivity contribution >= 4 is 5.97 Å². The lowest BCUT2D eigenvalue weighted by atomic mass is 10.1. The molecule has 218 valence electrons. The molecule has 38 heavy (non-hydrogen) atoms. The van der Waals surface area contributed by atoms with Gasteiger partial charge in [0, 0.05) is 6.42 Å². The van der Waals surface area contributed by atoms with Crippen LogP contribution in [0.3, 0.4) is 0 Å². The Hall–Kier alpha value is -1.83.